The van der Waals surface area contributed by atoms with Crippen LogP contribution in [0.3, 0.4) is 0 Å². The summed E-state index contributed by atoms with van der Waals surface area (Å²) in [6, 6.07) is 11.0. The zero-order valence-corrected chi connectivity index (χ0v) is 25.7. The van der Waals surface area contributed by atoms with Crippen molar-refractivity contribution in [2.24, 2.45) is 0 Å². The van der Waals surface area contributed by atoms with Gasteiger partial charge in [0.2, 0.25) is 0 Å². The normalized spacial score (nSPS) is 15.5. The summed E-state index contributed by atoms with van der Waals surface area (Å²) in [6.07, 6.45) is -7.46. The molecule has 1 atom stereocenters. The number of aliphatic carboxylic acids is 3. The molecule has 49 heavy (non-hydrogen) atoms. The van der Waals surface area contributed by atoms with E-state index >= 15 is 0 Å². The molecule has 0 amide bonds. The van der Waals surface area contributed by atoms with Crippen LogP contribution in [0.4, 0.5) is 39.5 Å². The molecule has 0 aromatic carbocycles. The topological polar surface area (TPSA) is 149 Å². The van der Waals surface area contributed by atoms with Gasteiger partial charge in [-0.1, -0.05) is 12.1 Å². The van der Waals surface area contributed by atoms with Crippen LogP contribution in [0.15, 0.2) is 66.0 Å². The summed E-state index contributed by atoms with van der Waals surface area (Å²) in [7, 11) is 2.21. The average Bonchev–Trinajstić information content (AvgIpc) is 3.68. The molecule has 5 rings (SSSR count). The highest BCUT2D eigenvalue weighted by Crippen LogP contribution is 2.29. The van der Waals surface area contributed by atoms with Crippen LogP contribution in [-0.4, -0.2) is 103 Å². The molecule has 0 aliphatic carbocycles. The van der Waals surface area contributed by atoms with E-state index in [-0.39, 0.29) is 0 Å². The van der Waals surface area contributed by atoms with E-state index in [1.807, 2.05) is 18.6 Å². The Balaban J connectivity index is 0.000000325. The fourth-order valence-corrected chi connectivity index (χ4v) is 4.65. The maximum absolute atomic E-state index is 10.6. The van der Waals surface area contributed by atoms with Crippen LogP contribution in [0.25, 0.3) is 16.6 Å². The number of halogens is 9. The molecular weight excluding hydrogens is 705 g/mol. The number of fused-ring (bicyclic) bond motifs is 1. The van der Waals surface area contributed by atoms with E-state index in [1.165, 1.54) is 11.1 Å². The van der Waals surface area contributed by atoms with Gasteiger partial charge in [0.15, 0.2) is 0 Å². The van der Waals surface area contributed by atoms with Crippen molar-refractivity contribution in [1.82, 2.24) is 24.2 Å². The maximum Gasteiger partial charge on any atom is 0.490 e. The van der Waals surface area contributed by atoms with Gasteiger partial charge >= 0.3 is 36.4 Å². The average molecular weight is 732 g/mol. The van der Waals surface area contributed by atoms with Crippen LogP contribution in [0.1, 0.15) is 17.3 Å². The summed E-state index contributed by atoms with van der Waals surface area (Å²) in [5.41, 5.74) is 6.03. The Bertz CT molecular complexity index is 1610. The zero-order valence-electron chi connectivity index (χ0n) is 24.9. The number of hydrogen-bond acceptors (Lipinski definition) is 8. The fourth-order valence-electron chi connectivity index (χ4n) is 3.99. The van der Waals surface area contributed by atoms with Crippen molar-refractivity contribution in [3.05, 3.63) is 77.3 Å². The van der Waals surface area contributed by atoms with Gasteiger partial charge in [0.05, 0.1) is 23.6 Å². The predicted octanol–water partition coefficient (Wildman–Crippen LogP) is 5.85. The first kappa shape index (κ1) is 40.4. The Labute approximate surface area is 274 Å². The number of likely N-dealkylation sites (N-methyl/N-ethyl adjacent to an activating group) is 1. The van der Waals surface area contributed by atoms with Crippen molar-refractivity contribution in [2.75, 3.05) is 26.7 Å². The quantitative estimate of drug-likeness (QED) is 0.219. The number of thiophene rings is 1. The predicted molar refractivity (Wildman–Crippen MR) is 154 cm³/mol. The van der Waals surface area contributed by atoms with E-state index < -0.39 is 36.4 Å². The molecule has 21 heteroatoms. The highest BCUT2D eigenvalue weighted by Gasteiger charge is 2.39. The number of alkyl halides is 9. The third-order valence-electron chi connectivity index (χ3n) is 6.32. The van der Waals surface area contributed by atoms with Crippen LogP contribution in [0.5, 0.6) is 0 Å². The smallest absolute Gasteiger partial charge is 0.475 e. The maximum atomic E-state index is 10.6. The Morgan fingerprint density at radius 2 is 1.43 bits per heavy atom. The molecule has 0 radical (unpaired) electrons. The Hall–Kier alpha value is -4.76. The van der Waals surface area contributed by atoms with E-state index in [9.17, 15) is 39.5 Å². The van der Waals surface area contributed by atoms with Gasteiger partial charge in [0.1, 0.15) is 0 Å². The summed E-state index contributed by atoms with van der Waals surface area (Å²) in [6.45, 7) is 4.18. The molecule has 0 saturated carbocycles. The standard InChI is InChI=1S/C22H23N5S.3C2HF3O2/c1-25-8-9-26(12-17-6-10-28-15-17)14-21(25)22-20-5-4-19(13-27(20)16-24-22)18-3-2-7-23-11-18;3*3-2(4,5)1(6)7/h2-7,10-11,13,15-16,21H,8-9,12,14H2,1H3;3*(H,6,7). The molecule has 268 valence electrons. The van der Waals surface area contributed by atoms with Gasteiger partial charge in [-0.2, -0.15) is 50.9 Å². The molecule has 11 nitrogen and oxygen atoms in total. The molecule has 1 fully saturated rings. The lowest BCUT2D eigenvalue weighted by molar-refractivity contribution is -0.193. The molecular formula is C28H26F9N5O6S. The minimum Gasteiger partial charge on any atom is -0.475 e. The second-order valence-corrected chi connectivity index (χ2v) is 10.6. The van der Waals surface area contributed by atoms with E-state index in [4.69, 9.17) is 34.7 Å². The second-order valence-electron chi connectivity index (χ2n) is 9.85. The van der Waals surface area contributed by atoms with E-state index in [1.54, 1.807) is 17.5 Å². The Morgan fingerprint density at radius 3 is 1.90 bits per heavy atom. The van der Waals surface area contributed by atoms with Crippen LogP contribution < -0.4 is 0 Å². The molecule has 1 aliphatic rings. The largest absolute Gasteiger partial charge is 0.490 e. The number of carboxylic acid groups (broad SMARTS) is 3. The number of imidazole rings is 1. The van der Waals surface area contributed by atoms with Gasteiger partial charge in [-0.25, -0.2) is 19.4 Å². The van der Waals surface area contributed by atoms with E-state index in [2.05, 4.69) is 67.5 Å². The Morgan fingerprint density at radius 1 is 0.857 bits per heavy atom. The van der Waals surface area contributed by atoms with Gasteiger partial charge in [-0.15, -0.1) is 0 Å². The number of pyridine rings is 2. The van der Waals surface area contributed by atoms with Crippen LogP contribution >= 0.6 is 11.3 Å². The molecule has 1 unspecified atom stereocenters. The van der Waals surface area contributed by atoms with Crippen LogP contribution in [0.2, 0.25) is 0 Å². The number of carbonyl (C=O) groups is 3. The lowest BCUT2D eigenvalue weighted by Gasteiger charge is -2.38. The molecule has 0 spiro atoms. The lowest BCUT2D eigenvalue weighted by Crippen LogP contribution is -2.46. The number of carboxylic acids is 3. The van der Waals surface area contributed by atoms with Gasteiger partial charge in [-0.05, 0) is 47.1 Å². The summed E-state index contributed by atoms with van der Waals surface area (Å²) >= 11 is 1.77. The van der Waals surface area contributed by atoms with Crippen molar-refractivity contribution >= 4 is 34.8 Å². The minimum atomic E-state index is -5.08. The first-order valence-corrected chi connectivity index (χ1v) is 14.3. The Kier molecular flexibility index (Phi) is 14.1. The molecule has 4 aromatic heterocycles. The SMILES string of the molecule is CN1CCN(Cc2ccsc2)CC1c1ncn2cc(-c3cccnc3)ccc12.O=C(O)C(F)(F)F.O=C(O)C(F)(F)F.O=C(O)C(F)(F)F. The summed E-state index contributed by atoms with van der Waals surface area (Å²) in [5, 5.41) is 25.8. The third kappa shape index (κ3) is 13.0. The van der Waals surface area contributed by atoms with Crippen molar-refractivity contribution in [1.29, 1.82) is 0 Å². The summed E-state index contributed by atoms with van der Waals surface area (Å²) in [4.78, 5) is 40.7. The van der Waals surface area contributed by atoms with Crippen LogP contribution in [-0.2, 0) is 20.9 Å². The van der Waals surface area contributed by atoms with Crippen molar-refractivity contribution < 1.29 is 69.2 Å². The van der Waals surface area contributed by atoms with Gasteiger partial charge in [0.25, 0.3) is 0 Å². The molecule has 1 aliphatic heterocycles. The highest BCUT2D eigenvalue weighted by molar-refractivity contribution is 7.07. The number of piperazine rings is 1. The van der Waals surface area contributed by atoms with Gasteiger partial charge in [0, 0.05) is 50.3 Å². The summed E-state index contributed by atoms with van der Waals surface area (Å²) in [5.74, 6) is -8.27. The highest BCUT2D eigenvalue weighted by atomic mass is 32.1. The number of aromatic nitrogens is 3. The molecule has 1 saturated heterocycles. The van der Waals surface area contributed by atoms with Gasteiger partial charge in [-0.3, -0.25) is 14.8 Å². The van der Waals surface area contributed by atoms with Crippen molar-refractivity contribution in [2.45, 2.75) is 31.1 Å². The minimum absolute atomic E-state index is 0.307. The molecule has 3 N–H and O–H groups in total. The lowest BCUT2D eigenvalue weighted by atomic mass is 10.1. The van der Waals surface area contributed by atoms with E-state index in [0.29, 0.717) is 6.04 Å². The van der Waals surface area contributed by atoms with Crippen LogP contribution in [0, 0.1) is 0 Å². The van der Waals surface area contributed by atoms with E-state index in [0.717, 1.165) is 43.0 Å². The summed E-state index contributed by atoms with van der Waals surface area (Å²) < 4.78 is 97.4. The van der Waals surface area contributed by atoms with Gasteiger partial charge < -0.3 is 19.7 Å². The second kappa shape index (κ2) is 17.1. The zero-order chi connectivity index (χ0) is 37.2. The monoisotopic (exact) mass is 731 g/mol. The number of nitrogens with zero attached hydrogens (tertiary/aromatic N) is 5. The number of rotatable bonds is 4. The van der Waals surface area contributed by atoms with Crippen molar-refractivity contribution in [3.63, 3.8) is 0 Å². The first-order chi connectivity index (χ1) is 22.6. The fraction of sp³-hybridized carbons (Fsp3) is 0.321. The third-order valence-corrected chi connectivity index (χ3v) is 7.05. The molecule has 0 bridgehead atoms. The number of hydrogen-bond donors (Lipinski definition) is 3. The molecule has 5 heterocycles. The van der Waals surface area contributed by atoms with Crippen molar-refractivity contribution in [3.8, 4) is 11.1 Å². The molecule has 4 aromatic rings. The first-order valence-electron chi connectivity index (χ1n) is 13.3.